The van der Waals surface area contributed by atoms with Crippen molar-refractivity contribution >= 4 is 5.84 Å². The summed E-state index contributed by atoms with van der Waals surface area (Å²) < 4.78 is 5.31. The summed E-state index contributed by atoms with van der Waals surface area (Å²) in [7, 11) is 0. The fourth-order valence-corrected chi connectivity index (χ4v) is 3.10. The first-order valence-corrected chi connectivity index (χ1v) is 9.27. The van der Waals surface area contributed by atoms with Gasteiger partial charge >= 0.3 is 0 Å². The summed E-state index contributed by atoms with van der Waals surface area (Å²) >= 11 is 0. The average molecular weight is 357 g/mol. The molecule has 1 saturated heterocycles. The van der Waals surface area contributed by atoms with Gasteiger partial charge in [-0.3, -0.25) is 4.90 Å². The maximum atomic E-state index is 6.06. The molecule has 7 nitrogen and oxygen atoms in total. The predicted octanol–water partition coefficient (Wildman–Crippen LogP) is 2.63. The van der Waals surface area contributed by atoms with Crippen molar-refractivity contribution in [3.8, 4) is 0 Å². The molecule has 26 heavy (non-hydrogen) atoms. The van der Waals surface area contributed by atoms with Crippen molar-refractivity contribution in [2.24, 2.45) is 10.9 Å². The van der Waals surface area contributed by atoms with Gasteiger partial charge in [0.15, 0.2) is 5.84 Å². The molecule has 1 aromatic heterocycles. The van der Waals surface area contributed by atoms with Crippen molar-refractivity contribution in [2.45, 2.75) is 45.6 Å². The number of benzene rings is 1. The second kappa shape index (κ2) is 9.33. The van der Waals surface area contributed by atoms with Gasteiger partial charge in [-0.25, -0.2) is 0 Å². The molecule has 2 N–H and O–H groups in total. The van der Waals surface area contributed by atoms with Crippen LogP contribution >= 0.6 is 0 Å². The fraction of sp³-hybridized carbons (Fsp3) is 0.526. The van der Waals surface area contributed by atoms with Crippen LogP contribution in [-0.2, 0) is 17.8 Å². The number of likely N-dealkylation sites (tertiary alicyclic amines) is 1. The van der Waals surface area contributed by atoms with E-state index in [1.54, 1.807) is 6.92 Å². The number of hydrogen-bond donors (Lipinski definition) is 1. The largest absolute Gasteiger partial charge is 0.426 e. The van der Waals surface area contributed by atoms with Crippen LogP contribution in [0.4, 0.5) is 0 Å². The van der Waals surface area contributed by atoms with Gasteiger partial charge in [-0.05, 0) is 44.0 Å². The number of amidine groups is 1. The number of hydrogen-bond acceptors (Lipinski definition) is 6. The highest BCUT2D eigenvalue weighted by Crippen LogP contribution is 2.14. The summed E-state index contributed by atoms with van der Waals surface area (Å²) in [5, 5.41) is 11.8. The van der Waals surface area contributed by atoms with E-state index in [4.69, 9.17) is 15.0 Å². The lowest BCUT2D eigenvalue weighted by atomic mass is 10.1. The third-order valence-electron chi connectivity index (χ3n) is 4.43. The van der Waals surface area contributed by atoms with Crippen LogP contribution in [0, 0.1) is 6.92 Å². The number of rotatable bonds is 8. The van der Waals surface area contributed by atoms with Gasteiger partial charge in [0.1, 0.15) is 6.61 Å². The van der Waals surface area contributed by atoms with Crippen LogP contribution in [0.1, 0.15) is 48.6 Å². The Morgan fingerprint density at radius 2 is 2.12 bits per heavy atom. The van der Waals surface area contributed by atoms with Crippen molar-refractivity contribution < 1.29 is 9.25 Å². The smallest absolute Gasteiger partial charge is 0.216 e. The Balaban J connectivity index is 1.46. The molecule has 0 aliphatic carbocycles. The van der Waals surface area contributed by atoms with E-state index >= 15 is 0 Å². The standard InChI is InChI=1S/C19H27N5O2/c1-15-21-22-18(26-15)9-6-12-25-23-19(20)17-8-5-7-16(13-17)14-24-10-3-2-4-11-24/h5,7-8,13H,2-4,6,9-12,14H2,1H3,(H2,20,23). The summed E-state index contributed by atoms with van der Waals surface area (Å²) in [6.45, 7) is 5.55. The molecular formula is C19H27N5O2. The molecule has 0 bridgehead atoms. The molecule has 1 aliphatic heterocycles. The van der Waals surface area contributed by atoms with Gasteiger partial charge in [0.05, 0.1) is 0 Å². The molecule has 0 radical (unpaired) electrons. The summed E-state index contributed by atoms with van der Waals surface area (Å²) in [5.74, 6) is 1.60. The third kappa shape index (κ3) is 5.56. The van der Waals surface area contributed by atoms with Gasteiger partial charge in [0, 0.05) is 25.5 Å². The maximum absolute atomic E-state index is 6.06. The van der Waals surface area contributed by atoms with E-state index < -0.39 is 0 Å². The Hall–Kier alpha value is -2.41. The van der Waals surface area contributed by atoms with Crippen LogP contribution in [0.3, 0.4) is 0 Å². The maximum Gasteiger partial charge on any atom is 0.216 e. The van der Waals surface area contributed by atoms with Crippen LogP contribution in [0.15, 0.2) is 33.8 Å². The topological polar surface area (TPSA) is 89.8 Å². The van der Waals surface area contributed by atoms with Gasteiger partial charge in [-0.1, -0.05) is 29.8 Å². The number of piperidine rings is 1. The summed E-state index contributed by atoms with van der Waals surface area (Å²) in [6.07, 6.45) is 5.34. The van der Waals surface area contributed by atoms with E-state index in [0.29, 0.717) is 30.6 Å². The van der Waals surface area contributed by atoms with Crippen LogP contribution in [-0.4, -0.2) is 40.6 Å². The number of aromatic nitrogens is 2. The van der Waals surface area contributed by atoms with Crippen molar-refractivity contribution in [2.75, 3.05) is 19.7 Å². The summed E-state index contributed by atoms with van der Waals surface area (Å²) in [4.78, 5) is 7.82. The van der Waals surface area contributed by atoms with Crippen molar-refractivity contribution in [3.05, 3.63) is 47.2 Å². The van der Waals surface area contributed by atoms with Crippen molar-refractivity contribution in [1.29, 1.82) is 0 Å². The Labute approximate surface area is 154 Å². The molecule has 1 fully saturated rings. The molecule has 0 spiro atoms. The number of aryl methyl sites for hydroxylation is 2. The Morgan fingerprint density at radius 1 is 1.27 bits per heavy atom. The minimum Gasteiger partial charge on any atom is -0.426 e. The first-order chi connectivity index (χ1) is 12.7. The highest BCUT2D eigenvalue weighted by Gasteiger charge is 2.11. The SMILES string of the molecule is Cc1nnc(CCCO/N=C(\N)c2cccc(CN3CCCCC3)c2)o1. The third-order valence-corrected chi connectivity index (χ3v) is 4.43. The molecule has 0 atom stereocenters. The molecule has 140 valence electrons. The molecular weight excluding hydrogens is 330 g/mol. The summed E-state index contributed by atoms with van der Waals surface area (Å²) in [6, 6.07) is 8.22. The molecule has 7 heteroatoms. The minimum absolute atomic E-state index is 0.402. The Bertz CT molecular complexity index is 722. The van der Waals surface area contributed by atoms with Crippen LogP contribution in [0.25, 0.3) is 0 Å². The molecule has 0 amide bonds. The van der Waals surface area contributed by atoms with E-state index in [1.165, 1.54) is 37.9 Å². The summed E-state index contributed by atoms with van der Waals surface area (Å²) in [5.41, 5.74) is 8.22. The second-order valence-corrected chi connectivity index (χ2v) is 6.67. The molecule has 2 heterocycles. The second-order valence-electron chi connectivity index (χ2n) is 6.67. The molecule has 0 unspecified atom stereocenters. The Kier molecular flexibility index (Phi) is 6.60. The predicted molar refractivity (Wildman–Crippen MR) is 99.6 cm³/mol. The quantitative estimate of drug-likeness (QED) is 0.338. The zero-order valence-corrected chi connectivity index (χ0v) is 15.4. The highest BCUT2D eigenvalue weighted by atomic mass is 16.6. The molecule has 1 aromatic carbocycles. The normalized spacial score (nSPS) is 16.0. The van der Waals surface area contributed by atoms with E-state index in [-0.39, 0.29) is 0 Å². The fourth-order valence-electron chi connectivity index (χ4n) is 3.10. The first-order valence-electron chi connectivity index (χ1n) is 9.27. The van der Waals surface area contributed by atoms with Gasteiger partial charge in [-0.2, -0.15) is 0 Å². The first kappa shape index (κ1) is 18.4. The van der Waals surface area contributed by atoms with Crippen LogP contribution < -0.4 is 5.73 Å². The highest BCUT2D eigenvalue weighted by molar-refractivity contribution is 5.97. The van der Waals surface area contributed by atoms with E-state index in [2.05, 4.69) is 32.4 Å². The van der Waals surface area contributed by atoms with Crippen molar-refractivity contribution in [1.82, 2.24) is 15.1 Å². The van der Waals surface area contributed by atoms with Crippen LogP contribution in [0.5, 0.6) is 0 Å². The van der Waals surface area contributed by atoms with Gasteiger partial charge < -0.3 is 15.0 Å². The number of oxime groups is 1. The minimum atomic E-state index is 0.402. The lowest BCUT2D eigenvalue weighted by Crippen LogP contribution is -2.29. The van der Waals surface area contributed by atoms with E-state index in [0.717, 1.165) is 18.5 Å². The number of nitrogens with two attached hydrogens (primary N) is 1. The average Bonchev–Trinajstić information content (AvgIpc) is 3.07. The monoisotopic (exact) mass is 357 g/mol. The van der Waals surface area contributed by atoms with Crippen LogP contribution in [0.2, 0.25) is 0 Å². The van der Waals surface area contributed by atoms with Gasteiger partial charge in [-0.15, -0.1) is 10.2 Å². The molecule has 3 rings (SSSR count). The molecule has 0 saturated carbocycles. The van der Waals surface area contributed by atoms with E-state index in [1.807, 2.05) is 12.1 Å². The van der Waals surface area contributed by atoms with Gasteiger partial charge in [0.25, 0.3) is 0 Å². The van der Waals surface area contributed by atoms with Gasteiger partial charge in [0.2, 0.25) is 11.8 Å². The Morgan fingerprint density at radius 3 is 2.88 bits per heavy atom. The number of nitrogens with zero attached hydrogens (tertiary/aromatic N) is 4. The lowest BCUT2D eigenvalue weighted by Gasteiger charge is -2.26. The molecule has 2 aromatic rings. The lowest BCUT2D eigenvalue weighted by molar-refractivity contribution is 0.140. The zero-order valence-electron chi connectivity index (χ0n) is 15.4. The van der Waals surface area contributed by atoms with Crippen molar-refractivity contribution in [3.63, 3.8) is 0 Å². The molecule has 1 aliphatic rings. The zero-order chi connectivity index (χ0) is 18.2. The van der Waals surface area contributed by atoms with E-state index in [9.17, 15) is 0 Å².